The van der Waals surface area contributed by atoms with E-state index < -0.39 is 24.0 Å². The molecule has 0 saturated heterocycles. The van der Waals surface area contributed by atoms with Gasteiger partial charge in [0.1, 0.15) is 18.1 Å². The normalized spacial score (nSPS) is 9.80. The molecule has 0 aromatic heterocycles. The van der Waals surface area contributed by atoms with Gasteiger partial charge in [0.05, 0.1) is 36.3 Å². The number of Topliss-reactive ketones (excluding diaryl/α,β-unsaturated/α-hetero) is 2. The number of ketones is 2. The fraction of sp³-hybridized carbons (Fsp3) is 0.227. The number of hydrogen-bond donors (Lipinski definition) is 1. The van der Waals surface area contributed by atoms with Crippen molar-refractivity contribution in [2.45, 2.75) is 25.9 Å². The molecule has 8 heteroatoms. The van der Waals surface area contributed by atoms with Gasteiger partial charge in [-0.1, -0.05) is 18.2 Å². The van der Waals surface area contributed by atoms with Crippen LogP contribution in [0.2, 0.25) is 0 Å². The zero-order chi connectivity index (χ0) is 21.9. The Morgan fingerprint density at radius 1 is 1.03 bits per heavy atom. The Morgan fingerprint density at radius 3 is 2.50 bits per heavy atom. The minimum Gasteiger partial charge on any atom is -0.493 e. The minimum absolute atomic E-state index is 0.00706. The molecule has 0 heterocycles. The Morgan fingerprint density at radius 2 is 1.80 bits per heavy atom. The fourth-order valence-corrected chi connectivity index (χ4v) is 2.51. The van der Waals surface area contributed by atoms with Gasteiger partial charge in [-0.2, -0.15) is 10.5 Å². The van der Waals surface area contributed by atoms with Crippen molar-refractivity contribution < 1.29 is 29.0 Å². The van der Waals surface area contributed by atoms with Crippen LogP contribution < -0.4 is 9.47 Å². The first kappa shape index (κ1) is 22.1. The molecule has 0 aliphatic rings. The van der Waals surface area contributed by atoms with E-state index in [1.54, 1.807) is 30.3 Å². The molecule has 2 aromatic carbocycles. The van der Waals surface area contributed by atoms with Crippen molar-refractivity contribution in [2.75, 3.05) is 6.61 Å². The number of carboxylic acid groups (broad SMARTS) is 1. The van der Waals surface area contributed by atoms with Crippen molar-refractivity contribution in [1.82, 2.24) is 0 Å². The molecule has 0 spiro atoms. The predicted molar refractivity (Wildman–Crippen MR) is 104 cm³/mol. The van der Waals surface area contributed by atoms with Crippen LogP contribution in [-0.2, 0) is 16.2 Å². The van der Waals surface area contributed by atoms with E-state index >= 15 is 0 Å². The fourth-order valence-electron chi connectivity index (χ4n) is 2.51. The number of nitrogens with zero attached hydrogens (tertiary/aromatic N) is 2. The van der Waals surface area contributed by atoms with Crippen LogP contribution in [0.5, 0.6) is 11.5 Å². The van der Waals surface area contributed by atoms with Crippen molar-refractivity contribution in [3.05, 3.63) is 59.2 Å². The van der Waals surface area contributed by atoms with Gasteiger partial charge in [0.15, 0.2) is 5.78 Å². The molecular weight excluding hydrogens is 388 g/mol. The molecule has 0 aliphatic carbocycles. The number of benzene rings is 2. The molecule has 1 N–H and O–H groups in total. The first-order valence-electron chi connectivity index (χ1n) is 9.00. The summed E-state index contributed by atoms with van der Waals surface area (Å²) in [6.07, 6.45) is -0.0910. The highest BCUT2D eigenvalue weighted by molar-refractivity contribution is 6.37. The molecule has 0 saturated carbocycles. The van der Waals surface area contributed by atoms with E-state index in [0.717, 1.165) is 0 Å². The molecule has 0 aliphatic heterocycles. The van der Waals surface area contributed by atoms with Gasteiger partial charge in [-0.3, -0.25) is 9.59 Å². The minimum atomic E-state index is -1.69. The maximum Gasteiger partial charge on any atom is 0.372 e. The van der Waals surface area contributed by atoms with Crippen molar-refractivity contribution in [2.24, 2.45) is 0 Å². The summed E-state index contributed by atoms with van der Waals surface area (Å²) in [6.45, 7) is 0.254. The van der Waals surface area contributed by atoms with Crippen LogP contribution in [0.4, 0.5) is 0 Å². The van der Waals surface area contributed by atoms with E-state index in [9.17, 15) is 14.4 Å². The van der Waals surface area contributed by atoms with Gasteiger partial charge < -0.3 is 14.6 Å². The zero-order valence-electron chi connectivity index (χ0n) is 16.0. The molecule has 2 aromatic rings. The number of hydrogen-bond acceptors (Lipinski definition) is 7. The summed E-state index contributed by atoms with van der Waals surface area (Å²) in [5, 5.41) is 26.5. The van der Waals surface area contributed by atoms with E-state index in [1.165, 1.54) is 12.1 Å². The summed E-state index contributed by atoms with van der Waals surface area (Å²) < 4.78 is 11.2. The van der Waals surface area contributed by atoms with E-state index in [-0.39, 0.29) is 30.9 Å². The monoisotopic (exact) mass is 406 g/mol. The van der Waals surface area contributed by atoms with Crippen LogP contribution in [0.3, 0.4) is 0 Å². The highest BCUT2D eigenvalue weighted by atomic mass is 16.5. The van der Waals surface area contributed by atoms with Gasteiger partial charge in [-0.15, -0.1) is 0 Å². The Bertz CT molecular complexity index is 1030. The maximum absolute atomic E-state index is 12.5. The number of carbonyl (C=O) groups is 3. The van der Waals surface area contributed by atoms with Crippen LogP contribution >= 0.6 is 0 Å². The lowest BCUT2D eigenvalue weighted by Gasteiger charge is -2.13. The standard InChI is InChI=1S/C22H18N2O6/c23-9-3-4-10-29-21-8-7-17(11-18(21)19(25)12-20(26)22(27)28)30-14-16-6-2-1-5-15(16)13-24/h1-2,5-8,11H,3-4,10,12,14H2,(H,27,28). The summed E-state index contributed by atoms with van der Waals surface area (Å²) in [7, 11) is 0. The van der Waals surface area contributed by atoms with Gasteiger partial charge in [-0.05, 0) is 30.7 Å². The molecule has 8 nitrogen and oxygen atoms in total. The SMILES string of the molecule is N#CCCCOc1ccc(OCc2ccccc2C#N)cc1C(=O)CC(=O)C(=O)O. The predicted octanol–water partition coefficient (Wildman–Crippen LogP) is 3.05. The number of rotatable bonds is 11. The molecule has 0 unspecified atom stereocenters. The molecule has 2 rings (SSSR count). The van der Waals surface area contributed by atoms with Crippen LogP contribution in [0.25, 0.3) is 0 Å². The number of aliphatic carboxylic acids is 1. The maximum atomic E-state index is 12.5. The Balaban J connectivity index is 2.22. The molecule has 0 bridgehead atoms. The van der Waals surface area contributed by atoms with Crippen molar-refractivity contribution >= 4 is 17.5 Å². The average Bonchev–Trinajstić information content (AvgIpc) is 2.75. The Kier molecular flexibility index (Phi) is 8.10. The lowest BCUT2D eigenvalue weighted by Crippen LogP contribution is -2.18. The van der Waals surface area contributed by atoms with Gasteiger partial charge in [0, 0.05) is 12.0 Å². The Labute approximate surface area is 172 Å². The summed E-state index contributed by atoms with van der Waals surface area (Å²) in [6, 6.07) is 15.4. The van der Waals surface area contributed by atoms with E-state index in [2.05, 4.69) is 6.07 Å². The third kappa shape index (κ3) is 6.18. The average molecular weight is 406 g/mol. The number of nitriles is 2. The van der Waals surface area contributed by atoms with Crippen molar-refractivity contribution in [3.8, 4) is 23.6 Å². The number of unbranched alkanes of at least 4 members (excludes halogenated alkanes) is 1. The smallest absolute Gasteiger partial charge is 0.372 e. The lowest BCUT2D eigenvalue weighted by atomic mass is 10.0. The molecule has 30 heavy (non-hydrogen) atoms. The van der Waals surface area contributed by atoms with Gasteiger partial charge in [0.25, 0.3) is 0 Å². The van der Waals surface area contributed by atoms with E-state index in [1.807, 2.05) is 6.07 Å². The third-order valence-corrected chi connectivity index (χ3v) is 4.03. The topological polar surface area (TPSA) is 137 Å². The van der Waals surface area contributed by atoms with E-state index in [4.69, 9.17) is 25.1 Å². The zero-order valence-corrected chi connectivity index (χ0v) is 16.0. The lowest BCUT2D eigenvalue weighted by molar-refractivity contribution is -0.148. The van der Waals surface area contributed by atoms with Crippen molar-refractivity contribution in [1.29, 1.82) is 10.5 Å². The summed E-state index contributed by atoms with van der Waals surface area (Å²) in [4.78, 5) is 34.7. The third-order valence-electron chi connectivity index (χ3n) is 4.03. The van der Waals surface area contributed by atoms with Crippen LogP contribution in [0.1, 0.15) is 40.7 Å². The van der Waals surface area contributed by atoms with Crippen LogP contribution in [-0.4, -0.2) is 29.2 Å². The van der Waals surface area contributed by atoms with Gasteiger partial charge in [0.2, 0.25) is 5.78 Å². The van der Waals surface area contributed by atoms with Gasteiger partial charge >= 0.3 is 5.97 Å². The first-order chi connectivity index (χ1) is 14.5. The Hall–Kier alpha value is -4.17. The second-order valence-corrected chi connectivity index (χ2v) is 6.15. The second-order valence-electron chi connectivity index (χ2n) is 6.15. The summed E-state index contributed by atoms with van der Waals surface area (Å²) in [5.41, 5.74) is 1.12. The first-order valence-corrected chi connectivity index (χ1v) is 9.00. The molecule has 0 amide bonds. The number of ether oxygens (including phenoxy) is 2. The molecule has 0 radical (unpaired) electrons. The highest BCUT2D eigenvalue weighted by Gasteiger charge is 2.21. The quantitative estimate of drug-likeness (QED) is 0.260. The number of carboxylic acids is 1. The summed E-state index contributed by atoms with van der Waals surface area (Å²) in [5.74, 6) is -3.19. The van der Waals surface area contributed by atoms with Gasteiger partial charge in [-0.25, -0.2) is 4.79 Å². The van der Waals surface area contributed by atoms with Crippen LogP contribution in [0.15, 0.2) is 42.5 Å². The number of carbonyl (C=O) groups excluding carboxylic acids is 2. The van der Waals surface area contributed by atoms with Crippen LogP contribution in [0, 0.1) is 22.7 Å². The molecule has 152 valence electrons. The molecule has 0 fully saturated rings. The highest BCUT2D eigenvalue weighted by Crippen LogP contribution is 2.27. The molecular formula is C22H18N2O6. The molecule has 0 atom stereocenters. The largest absolute Gasteiger partial charge is 0.493 e. The second kappa shape index (κ2) is 11.0. The van der Waals surface area contributed by atoms with Crippen molar-refractivity contribution in [3.63, 3.8) is 0 Å². The van der Waals surface area contributed by atoms with E-state index in [0.29, 0.717) is 23.3 Å². The summed E-state index contributed by atoms with van der Waals surface area (Å²) >= 11 is 0.